The Bertz CT molecular complexity index is 1090. The molecule has 6 nitrogen and oxygen atoms in total. The van der Waals surface area contributed by atoms with Gasteiger partial charge in [-0.3, -0.25) is 0 Å². The van der Waals surface area contributed by atoms with Crippen molar-refractivity contribution < 1.29 is 23.1 Å². The van der Waals surface area contributed by atoms with Crippen molar-refractivity contribution in [2.24, 2.45) is 0 Å². The Labute approximate surface area is 182 Å². The van der Waals surface area contributed by atoms with E-state index < -0.39 is 22.6 Å². The number of carbonyl (C=O) groups is 1. The van der Waals surface area contributed by atoms with Gasteiger partial charge in [0.05, 0.1) is 11.4 Å². The molecule has 3 aromatic rings. The van der Waals surface area contributed by atoms with Gasteiger partial charge in [-0.2, -0.15) is 0 Å². The van der Waals surface area contributed by atoms with Gasteiger partial charge in [0.2, 0.25) is 0 Å². The number of sulfonamides is 1. The van der Waals surface area contributed by atoms with Gasteiger partial charge in [-0.25, -0.2) is 17.5 Å². The first-order valence-electron chi connectivity index (χ1n) is 9.71. The lowest BCUT2D eigenvalue weighted by Gasteiger charge is -2.22. The summed E-state index contributed by atoms with van der Waals surface area (Å²) in [4.78, 5) is 10.6. The van der Waals surface area contributed by atoms with E-state index in [2.05, 4.69) is 0 Å². The number of benzene rings is 3. The largest absolute Gasteiger partial charge is 0.482 e. The minimum Gasteiger partial charge on any atom is -0.482 e. The molecule has 0 radical (unpaired) electrons. The number of allylic oxidation sites excluding steroid dienone is 1. The van der Waals surface area contributed by atoms with Crippen LogP contribution in [-0.2, 0) is 21.2 Å². The molecule has 0 unspecified atom stereocenters. The Morgan fingerprint density at radius 1 is 0.903 bits per heavy atom. The summed E-state index contributed by atoms with van der Waals surface area (Å²) < 4.78 is 32.7. The lowest BCUT2D eigenvalue weighted by molar-refractivity contribution is -0.139. The standard InChI is InChI=1S/C24H23NO5S/c26-24(27)19-30-23-16-9-11-20(18-23)10-7-8-17-31(28,29)25(21-12-3-1-4-13-21)22-14-5-2-6-15-22/h1-6,8-9,11-18H,7,10,19H2,(H,26,27)/b17-8+. The van der Waals surface area contributed by atoms with Gasteiger partial charge < -0.3 is 9.84 Å². The van der Waals surface area contributed by atoms with Gasteiger partial charge in [-0.05, 0) is 54.8 Å². The van der Waals surface area contributed by atoms with E-state index in [9.17, 15) is 13.2 Å². The second-order valence-corrected chi connectivity index (χ2v) is 8.39. The van der Waals surface area contributed by atoms with Crippen molar-refractivity contribution in [2.75, 3.05) is 10.9 Å². The third-order valence-corrected chi connectivity index (χ3v) is 5.83. The summed E-state index contributed by atoms with van der Waals surface area (Å²) in [5, 5.41) is 9.93. The molecule has 1 N–H and O–H groups in total. The molecule has 31 heavy (non-hydrogen) atoms. The Morgan fingerprint density at radius 3 is 2.10 bits per heavy atom. The predicted octanol–water partition coefficient (Wildman–Crippen LogP) is 4.76. The number of carboxylic acid groups (broad SMARTS) is 1. The lowest BCUT2D eigenvalue weighted by atomic mass is 10.1. The minimum atomic E-state index is -3.75. The molecule has 0 aromatic heterocycles. The molecule has 0 atom stereocenters. The molecule has 0 bridgehead atoms. The second-order valence-electron chi connectivity index (χ2n) is 6.72. The zero-order chi connectivity index (χ0) is 22.1. The summed E-state index contributed by atoms with van der Waals surface area (Å²) in [6, 6.07) is 25.0. The highest BCUT2D eigenvalue weighted by molar-refractivity contribution is 7.96. The van der Waals surface area contributed by atoms with Crippen molar-refractivity contribution in [2.45, 2.75) is 12.8 Å². The van der Waals surface area contributed by atoms with Crippen LogP contribution in [0.1, 0.15) is 12.0 Å². The molecule has 0 aliphatic rings. The number of rotatable bonds is 10. The van der Waals surface area contributed by atoms with E-state index in [0.717, 1.165) is 5.56 Å². The van der Waals surface area contributed by atoms with Gasteiger partial charge in [0.15, 0.2) is 6.61 Å². The maximum absolute atomic E-state index is 13.1. The van der Waals surface area contributed by atoms with Crippen molar-refractivity contribution in [3.8, 4) is 5.75 Å². The number of hydrogen-bond acceptors (Lipinski definition) is 4. The Hall–Kier alpha value is -3.58. The molecule has 0 saturated carbocycles. The van der Waals surface area contributed by atoms with Gasteiger partial charge in [0.25, 0.3) is 10.0 Å². The molecule has 0 saturated heterocycles. The van der Waals surface area contributed by atoms with Crippen molar-refractivity contribution in [3.63, 3.8) is 0 Å². The molecular weight excluding hydrogens is 414 g/mol. The van der Waals surface area contributed by atoms with Crippen LogP contribution in [0, 0.1) is 0 Å². The van der Waals surface area contributed by atoms with Crippen LogP contribution >= 0.6 is 0 Å². The fraction of sp³-hybridized carbons (Fsp3) is 0.125. The number of aliphatic carboxylic acids is 1. The highest BCUT2D eigenvalue weighted by Gasteiger charge is 2.21. The SMILES string of the molecule is O=C(O)COc1cccc(CC/C=C/S(=O)(=O)N(c2ccccc2)c2ccccc2)c1. The van der Waals surface area contributed by atoms with Crippen molar-refractivity contribution >= 4 is 27.4 Å². The van der Waals surface area contributed by atoms with Crippen LogP contribution in [0.3, 0.4) is 0 Å². The number of ether oxygens (including phenoxy) is 1. The molecule has 0 fully saturated rings. The first-order valence-corrected chi connectivity index (χ1v) is 11.2. The third kappa shape index (κ3) is 6.45. The third-order valence-electron chi connectivity index (χ3n) is 4.36. The van der Waals surface area contributed by atoms with Crippen LogP contribution in [0.15, 0.2) is 96.4 Å². The lowest BCUT2D eigenvalue weighted by Crippen LogP contribution is -2.23. The van der Waals surface area contributed by atoms with Crippen molar-refractivity contribution in [1.29, 1.82) is 0 Å². The molecule has 0 aliphatic carbocycles. The molecule has 0 heterocycles. The summed E-state index contributed by atoms with van der Waals surface area (Å²) in [7, 11) is -3.75. The van der Waals surface area contributed by atoms with E-state index in [0.29, 0.717) is 30.0 Å². The fourth-order valence-electron chi connectivity index (χ4n) is 3.01. The topological polar surface area (TPSA) is 83.9 Å². The highest BCUT2D eigenvalue weighted by Crippen LogP contribution is 2.29. The number of nitrogens with zero attached hydrogens (tertiary/aromatic N) is 1. The number of para-hydroxylation sites is 2. The molecule has 3 rings (SSSR count). The summed E-state index contributed by atoms with van der Waals surface area (Å²) >= 11 is 0. The maximum atomic E-state index is 13.1. The average molecular weight is 438 g/mol. The zero-order valence-corrected chi connectivity index (χ0v) is 17.6. The molecular formula is C24H23NO5S. The zero-order valence-electron chi connectivity index (χ0n) is 16.8. The summed E-state index contributed by atoms with van der Waals surface area (Å²) in [6.07, 6.45) is 2.71. The quantitative estimate of drug-likeness (QED) is 0.494. The van der Waals surface area contributed by atoms with E-state index in [4.69, 9.17) is 9.84 Å². The fourth-order valence-corrected chi connectivity index (χ4v) is 4.34. The monoisotopic (exact) mass is 437 g/mol. The predicted molar refractivity (Wildman–Crippen MR) is 121 cm³/mol. The highest BCUT2D eigenvalue weighted by atomic mass is 32.2. The first kappa shape index (κ1) is 22.1. The molecule has 160 valence electrons. The van der Waals surface area contributed by atoms with E-state index in [-0.39, 0.29) is 0 Å². The molecule has 3 aromatic carbocycles. The van der Waals surface area contributed by atoms with Crippen molar-refractivity contribution in [3.05, 3.63) is 102 Å². The number of carboxylic acids is 1. The molecule has 7 heteroatoms. The number of hydrogen-bond donors (Lipinski definition) is 1. The Balaban J connectivity index is 1.71. The van der Waals surface area contributed by atoms with E-state index in [1.165, 1.54) is 9.71 Å². The molecule has 0 spiro atoms. The van der Waals surface area contributed by atoms with E-state index in [1.54, 1.807) is 72.8 Å². The van der Waals surface area contributed by atoms with Crippen LogP contribution in [-0.4, -0.2) is 26.1 Å². The summed E-state index contributed by atoms with van der Waals surface area (Å²) in [5.74, 6) is -0.573. The second kappa shape index (κ2) is 10.4. The van der Waals surface area contributed by atoms with E-state index >= 15 is 0 Å². The Morgan fingerprint density at radius 2 is 1.52 bits per heavy atom. The number of aryl methyl sites for hydroxylation is 1. The van der Waals surface area contributed by atoms with Crippen LogP contribution in [0.4, 0.5) is 11.4 Å². The van der Waals surface area contributed by atoms with Crippen molar-refractivity contribution in [1.82, 2.24) is 0 Å². The molecule has 0 aliphatic heterocycles. The van der Waals surface area contributed by atoms with Gasteiger partial charge in [0.1, 0.15) is 5.75 Å². The number of anilines is 2. The van der Waals surface area contributed by atoms with Gasteiger partial charge >= 0.3 is 5.97 Å². The smallest absolute Gasteiger partial charge is 0.341 e. The summed E-state index contributed by atoms with van der Waals surface area (Å²) in [6.45, 7) is -0.406. The molecule has 0 amide bonds. The average Bonchev–Trinajstić information content (AvgIpc) is 2.77. The van der Waals surface area contributed by atoms with Crippen LogP contribution < -0.4 is 9.04 Å². The van der Waals surface area contributed by atoms with Crippen LogP contribution in [0.5, 0.6) is 5.75 Å². The van der Waals surface area contributed by atoms with Crippen LogP contribution in [0.25, 0.3) is 0 Å². The van der Waals surface area contributed by atoms with Gasteiger partial charge in [0, 0.05) is 5.41 Å². The van der Waals surface area contributed by atoms with Gasteiger partial charge in [-0.15, -0.1) is 0 Å². The normalized spacial score (nSPS) is 11.4. The Kier molecular flexibility index (Phi) is 7.45. The maximum Gasteiger partial charge on any atom is 0.341 e. The minimum absolute atomic E-state index is 0.406. The summed E-state index contributed by atoms with van der Waals surface area (Å²) in [5.41, 5.74) is 2.04. The van der Waals surface area contributed by atoms with E-state index in [1.807, 2.05) is 18.2 Å². The van der Waals surface area contributed by atoms with Gasteiger partial charge in [-0.1, -0.05) is 54.6 Å². The first-order chi connectivity index (χ1) is 15.0. The van der Waals surface area contributed by atoms with Crippen LogP contribution in [0.2, 0.25) is 0 Å².